The van der Waals surface area contributed by atoms with Crippen LogP contribution in [0, 0.1) is 0 Å². The van der Waals surface area contributed by atoms with Crippen LogP contribution in [-0.2, 0) is 20.8 Å². The number of amides is 1. The molecule has 0 radical (unpaired) electrons. The second-order valence-corrected chi connectivity index (χ2v) is 10.2. The maximum Gasteiger partial charge on any atom is 0.326 e. The molecule has 5 atom stereocenters. The number of hydrogen-bond donors (Lipinski definition) is 3. The summed E-state index contributed by atoms with van der Waals surface area (Å²) < 4.78 is 0. The second-order valence-electron chi connectivity index (χ2n) is 7.41. The molecule has 1 amide bonds. The molecule has 2 saturated heterocycles. The first kappa shape index (κ1) is 22.0. The normalized spacial score (nSPS) is 25.8. The molecule has 1 aromatic rings. The van der Waals surface area contributed by atoms with Gasteiger partial charge in [0.15, 0.2) is 0 Å². The molecule has 0 bridgehead atoms. The molecule has 1 aromatic carbocycles. The number of carboxylic acids is 2. The Morgan fingerprint density at radius 2 is 1.86 bits per heavy atom. The topological polar surface area (TPSA) is 107 Å². The summed E-state index contributed by atoms with van der Waals surface area (Å²) in [7, 11) is 0. The van der Waals surface area contributed by atoms with Gasteiger partial charge < -0.3 is 15.1 Å². The lowest BCUT2D eigenvalue weighted by atomic mass is 9.99. The fourth-order valence-electron chi connectivity index (χ4n) is 3.82. The molecule has 9 heteroatoms. The molecule has 2 aliphatic rings. The maximum absolute atomic E-state index is 13.0. The Kier molecular flexibility index (Phi) is 7.48. The van der Waals surface area contributed by atoms with E-state index in [2.05, 4.69) is 5.32 Å². The third-order valence-corrected chi connectivity index (χ3v) is 8.56. The monoisotopic (exact) mass is 438 g/mol. The number of aryl methyl sites for hydroxylation is 1. The highest BCUT2D eigenvalue weighted by atomic mass is 32.2. The Hall–Kier alpha value is -1.71. The average molecular weight is 439 g/mol. The van der Waals surface area contributed by atoms with Gasteiger partial charge in [0.05, 0.1) is 6.04 Å². The van der Waals surface area contributed by atoms with Crippen LogP contribution in [0.2, 0.25) is 0 Å². The van der Waals surface area contributed by atoms with Gasteiger partial charge in [-0.1, -0.05) is 30.3 Å². The summed E-state index contributed by atoms with van der Waals surface area (Å²) in [6.45, 7) is 2.01. The van der Waals surface area contributed by atoms with Gasteiger partial charge in [0, 0.05) is 22.1 Å². The number of carbonyl (C=O) groups is 3. The number of fused-ring (bicyclic) bond motifs is 1. The number of rotatable bonds is 8. The highest BCUT2D eigenvalue weighted by molar-refractivity contribution is 8.19. The van der Waals surface area contributed by atoms with Crippen molar-refractivity contribution in [3.05, 3.63) is 35.9 Å². The summed E-state index contributed by atoms with van der Waals surface area (Å²) in [5, 5.41) is 23.5. The number of hydrogen-bond acceptors (Lipinski definition) is 6. The van der Waals surface area contributed by atoms with E-state index >= 15 is 0 Å². The lowest BCUT2D eigenvalue weighted by Crippen LogP contribution is -2.59. The fraction of sp³-hybridized carbons (Fsp3) is 0.550. The van der Waals surface area contributed by atoms with Gasteiger partial charge in [0.2, 0.25) is 5.91 Å². The fourth-order valence-corrected chi connectivity index (χ4v) is 7.22. The zero-order valence-electron chi connectivity index (χ0n) is 16.2. The van der Waals surface area contributed by atoms with E-state index in [1.165, 1.54) is 4.90 Å². The standard InChI is InChI=1S/C20H26N2O5S2/c1-12(21-14(19(24)25)8-7-13-5-3-2-4-6-13)18(23)22-10-17-16(28-11-29-17)9-15(22)20(26)27/h2-6,12,14-17,21H,7-11H2,1H3,(H,24,25)(H,26,27)/t12-,14?,15?,16?,17?/m0/s1. The van der Waals surface area contributed by atoms with Crippen molar-refractivity contribution in [1.29, 1.82) is 0 Å². The number of piperidine rings is 1. The van der Waals surface area contributed by atoms with Gasteiger partial charge in [0.25, 0.3) is 0 Å². The maximum atomic E-state index is 13.0. The van der Waals surface area contributed by atoms with Gasteiger partial charge in [-0.3, -0.25) is 14.9 Å². The Morgan fingerprint density at radius 3 is 2.52 bits per heavy atom. The van der Waals surface area contributed by atoms with Crippen LogP contribution in [0.5, 0.6) is 0 Å². The summed E-state index contributed by atoms with van der Waals surface area (Å²) in [6, 6.07) is 7.07. The Bertz CT molecular complexity index is 748. The van der Waals surface area contributed by atoms with Crippen molar-refractivity contribution >= 4 is 41.4 Å². The summed E-state index contributed by atoms with van der Waals surface area (Å²) in [4.78, 5) is 37.9. The molecule has 2 heterocycles. The lowest BCUT2D eigenvalue weighted by molar-refractivity contribution is -0.153. The predicted molar refractivity (Wildman–Crippen MR) is 114 cm³/mol. The molecule has 3 N–H and O–H groups in total. The van der Waals surface area contributed by atoms with Gasteiger partial charge in [-0.05, 0) is 31.7 Å². The van der Waals surface area contributed by atoms with Crippen LogP contribution in [0.1, 0.15) is 25.3 Å². The Balaban J connectivity index is 1.63. The first-order valence-corrected chi connectivity index (χ1v) is 11.8. The lowest BCUT2D eigenvalue weighted by Gasteiger charge is -2.40. The number of thioether (sulfide) groups is 2. The molecule has 0 aliphatic carbocycles. The van der Waals surface area contributed by atoms with Crippen molar-refractivity contribution in [3.63, 3.8) is 0 Å². The number of likely N-dealkylation sites (tertiary alicyclic amines) is 1. The molecule has 0 spiro atoms. The van der Waals surface area contributed by atoms with E-state index in [9.17, 15) is 24.6 Å². The van der Waals surface area contributed by atoms with E-state index < -0.39 is 30.1 Å². The van der Waals surface area contributed by atoms with Crippen molar-refractivity contribution in [2.75, 3.05) is 11.6 Å². The van der Waals surface area contributed by atoms with Crippen LogP contribution in [-0.4, -0.2) is 73.2 Å². The summed E-state index contributed by atoms with van der Waals surface area (Å²) >= 11 is 3.52. The summed E-state index contributed by atoms with van der Waals surface area (Å²) in [5.74, 6) is -2.36. The van der Waals surface area contributed by atoms with Crippen LogP contribution in [0.25, 0.3) is 0 Å². The molecule has 3 rings (SSSR count). The minimum absolute atomic E-state index is 0.236. The molecular formula is C20H26N2O5S2. The molecule has 158 valence electrons. The van der Waals surface area contributed by atoms with Crippen molar-refractivity contribution in [2.45, 2.75) is 54.8 Å². The number of carbonyl (C=O) groups excluding carboxylic acids is 1. The smallest absolute Gasteiger partial charge is 0.326 e. The van der Waals surface area contributed by atoms with Gasteiger partial charge in [-0.2, -0.15) is 0 Å². The average Bonchev–Trinajstić information content (AvgIpc) is 3.17. The van der Waals surface area contributed by atoms with E-state index in [4.69, 9.17) is 0 Å². The minimum atomic E-state index is -1.02. The molecule has 4 unspecified atom stereocenters. The molecule has 7 nitrogen and oxygen atoms in total. The van der Waals surface area contributed by atoms with Crippen molar-refractivity contribution in [3.8, 4) is 0 Å². The van der Waals surface area contributed by atoms with Crippen LogP contribution in [0.4, 0.5) is 0 Å². The Morgan fingerprint density at radius 1 is 1.17 bits per heavy atom. The molecule has 0 aromatic heterocycles. The third kappa shape index (κ3) is 5.46. The van der Waals surface area contributed by atoms with E-state index in [0.717, 1.165) is 10.6 Å². The molecule has 29 heavy (non-hydrogen) atoms. The first-order chi connectivity index (χ1) is 13.9. The quantitative estimate of drug-likeness (QED) is 0.565. The number of benzene rings is 1. The van der Waals surface area contributed by atoms with Crippen molar-refractivity contribution in [2.24, 2.45) is 0 Å². The Labute approximate surface area is 178 Å². The highest BCUT2D eigenvalue weighted by Gasteiger charge is 2.45. The van der Waals surface area contributed by atoms with E-state index in [-0.39, 0.29) is 16.4 Å². The van der Waals surface area contributed by atoms with Crippen molar-refractivity contribution in [1.82, 2.24) is 10.2 Å². The molecule has 2 aliphatic heterocycles. The number of nitrogens with one attached hydrogen (secondary N) is 1. The zero-order chi connectivity index (χ0) is 21.0. The number of nitrogens with zero attached hydrogens (tertiary/aromatic N) is 1. The van der Waals surface area contributed by atoms with Gasteiger partial charge in [-0.25, -0.2) is 4.79 Å². The van der Waals surface area contributed by atoms with Crippen LogP contribution < -0.4 is 5.32 Å². The van der Waals surface area contributed by atoms with Gasteiger partial charge in [-0.15, -0.1) is 23.5 Å². The molecular weight excluding hydrogens is 412 g/mol. The van der Waals surface area contributed by atoms with Crippen molar-refractivity contribution < 1.29 is 24.6 Å². The number of aliphatic carboxylic acids is 2. The van der Waals surface area contributed by atoms with Crippen LogP contribution >= 0.6 is 23.5 Å². The van der Waals surface area contributed by atoms with E-state index in [0.29, 0.717) is 25.8 Å². The van der Waals surface area contributed by atoms with E-state index in [1.807, 2.05) is 30.3 Å². The SMILES string of the molecule is C[C@H](NC(CCc1ccccc1)C(=O)O)C(=O)N1CC2SCSC2CC1C(=O)O. The van der Waals surface area contributed by atoms with Gasteiger partial charge in [0.1, 0.15) is 12.1 Å². The van der Waals surface area contributed by atoms with E-state index in [1.54, 1.807) is 30.4 Å². The van der Waals surface area contributed by atoms with Crippen LogP contribution in [0.15, 0.2) is 30.3 Å². The summed E-state index contributed by atoms with van der Waals surface area (Å²) in [5.41, 5.74) is 1.03. The zero-order valence-corrected chi connectivity index (χ0v) is 17.8. The molecule has 0 saturated carbocycles. The largest absolute Gasteiger partial charge is 0.480 e. The summed E-state index contributed by atoms with van der Waals surface area (Å²) in [6.07, 6.45) is 1.35. The van der Waals surface area contributed by atoms with Gasteiger partial charge >= 0.3 is 11.9 Å². The second kappa shape index (κ2) is 9.86. The number of carboxylic acid groups (broad SMARTS) is 2. The first-order valence-electron chi connectivity index (χ1n) is 9.66. The molecule has 2 fully saturated rings. The minimum Gasteiger partial charge on any atom is -0.480 e. The predicted octanol–water partition coefficient (Wildman–Crippen LogP) is 1.91. The van der Waals surface area contributed by atoms with Crippen LogP contribution in [0.3, 0.4) is 0 Å². The third-order valence-electron chi connectivity index (χ3n) is 5.44. The highest BCUT2D eigenvalue weighted by Crippen LogP contribution is 2.43.